The molecule has 1 aliphatic heterocycles. The quantitative estimate of drug-likeness (QED) is 0.681. The van der Waals surface area contributed by atoms with Crippen LogP contribution in [0.1, 0.15) is 30.0 Å². The monoisotopic (exact) mass is 234 g/mol. The van der Waals surface area contributed by atoms with Crippen LogP contribution in [0.4, 0.5) is 5.69 Å². The summed E-state index contributed by atoms with van der Waals surface area (Å²) in [5.74, 6) is -0.965. The van der Waals surface area contributed by atoms with Gasteiger partial charge >= 0.3 is 5.97 Å². The Morgan fingerprint density at radius 1 is 1.47 bits per heavy atom. The number of aryl methyl sites for hydroxylation is 1. The van der Waals surface area contributed by atoms with E-state index in [1.165, 1.54) is 11.1 Å². The molecular formula is C13H18N2O2. The average Bonchev–Trinajstić information content (AvgIpc) is 2.32. The standard InChI is InChI=1S/C13H18N2O2/c1-8-2-4-10(14)6-11(8)12-5-3-9(7-15-12)13(16)17/h2,4,6,9,12,15H,3,5,7,14H2,1H3,(H,16,17). The summed E-state index contributed by atoms with van der Waals surface area (Å²) in [6.45, 7) is 2.59. The van der Waals surface area contributed by atoms with Gasteiger partial charge in [0.25, 0.3) is 0 Å². The van der Waals surface area contributed by atoms with Crippen molar-refractivity contribution in [1.82, 2.24) is 5.32 Å². The van der Waals surface area contributed by atoms with E-state index < -0.39 is 5.97 Å². The first-order valence-electron chi connectivity index (χ1n) is 5.90. The third-order valence-corrected chi connectivity index (χ3v) is 3.44. The lowest BCUT2D eigenvalue weighted by molar-refractivity contribution is -0.142. The van der Waals surface area contributed by atoms with E-state index in [0.29, 0.717) is 6.54 Å². The smallest absolute Gasteiger partial charge is 0.307 e. The fourth-order valence-corrected chi connectivity index (χ4v) is 2.37. The lowest BCUT2D eigenvalue weighted by Gasteiger charge is -2.29. The molecule has 1 fully saturated rings. The molecule has 1 saturated heterocycles. The highest BCUT2D eigenvalue weighted by molar-refractivity contribution is 5.70. The number of hydrogen-bond donors (Lipinski definition) is 3. The molecule has 0 spiro atoms. The van der Waals surface area contributed by atoms with Crippen molar-refractivity contribution in [1.29, 1.82) is 0 Å². The Kier molecular flexibility index (Phi) is 3.33. The zero-order valence-corrected chi connectivity index (χ0v) is 9.94. The van der Waals surface area contributed by atoms with Gasteiger partial charge in [-0.15, -0.1) is 0 Å². The van der Waals surface area contributed by atoms with E-state index in [9.17, 15) is 4.79 Å². The van der Waals surface area contributed by atoms with Crippen LogP contribution >= 0.6 is 0 Å². The van der Waals surface area contributed by atoms with E-state index in [-0.39, 0.29) is 12.0 Å². The van der Waals surface area contributed by atoms with Gasteiger partial charge in [0.1, 0.15) is 0 Å². The van der Waals surface area contributed by atoms with E-state index in [4.69, 9.17) is 10.8 Å². The highest BCUT2D eigenvalue weighted by Gasteiger charge is 2.26. The average molecular weight is 234 g/mol. The van der Waals surface area contributed by atoms with Crippen LogP contribution in [-0.4, -0.2) is 17.6 Å². The number of benzene rings is 1. The maximum Gasteiger partial charge on any atom is 0.307 e. The first-order chi connectivity index (χ1) is 8.08. The van der Waals surface area contributed by atoms with Crippen molar-refractivity contribution in [2.24, 2.45) is 5.92 Å². The Hall–Kier alpha value is -1.55. The molecular weight excluding hydrogens is 216 g/mol. The highest BCUT2D eigenvalue weighted by atomic mass is 16.4. The van der Waals surface area contributed by atoms with Gasteiger partial charge in [0, 0.05) is 18.3 Å². The van der Waals surface area contributed by atoms with Gasteiger partial charge in [0.15, 0.2) is 0 Å². The van der Waals surface area contributed by atoms with Crippen LogP contribution in [0.25, 0.3) is 0 Å². The Bertz CT molecular complexity index is 423. The van der Waals surface area contributed by atoms with Gasteiger partial charge in [0.05, 0.1) is 5.92 Å². The summed E-state index contributed by atoms with van der Waals surface area (Å²) in [4.78, 5) is 10.9. The molecule has 2 unspecified atom stereocenters. The summed E-state index contributed by atoms with van der Waals surface area (Å²) < 4.78 is 0. The Labute approximate surface area is 101 Å². The molecule has 0 aromatic heterocycles. The molecule has 0 radical (unpaired) electrons. The second kappa shape index (κ2) is 4.75. The van der Waals surface area contributed by atoms with Crippen LogP contribution in [0.3, 0.4) is 0 Å². The largest absolute Gasteiger partial charge is 0.481 e. The number of carboxylic acids is 1. The van der Waals surface area contributed by atoms with E-state index in [1.807, 2.05) is 18.2 Å². The van der Waals surface area contributed by atoms with Crippen LogP contribution in [0.2, 0.25) is 0 Å². The van der Waals surface area contributed by atoms with Gasteiger partial charge < -0.3 is 16.2 Å². The molecule has 0 saturated carbocycles. The highest BCUT2D eigenvalue weighted by Crippen LogP contribution is 2.29. The molecule has 2 atom stereocenters. The number of anilines is 1. The van der Waals surface area contributed by atoms with Crippen LogP contribution in [0.5, 0.6) is 0 Å². The number of rotatable bonds is 2. The maximum atomic E-state index is 10.9. The number of carbonyl (C=O) groups is 1. The fraction of sp³-hybridized carbons (Fsp3) is 0.462. The molecule has 0 amide bonds. The van der Waals surface area contributed by atoms with Gasteiger partial charge in [-0.25, -0.2) is 0 Å². The normalized spacial score (nSPS) is 24.5. The number of piperidine rings is 1. The molecule has 2 rings (SSSR count). The van der Waals surface area contributed by atoms with Gasteiger partial charge in [-0.1, -0.05) is 6.07 Å². The minimum Gasteiger partial charge on any atom is -0.481 e. The van der Waals surface area contributed by atoms with Gasteiger partial charge in [-0.3, -0.25) is 4.79 Å². The first kappa shape index (κ1) is 11.9. The number of nitrogen functional groups attached to an aromatic ring is 1. The van der Waals surface area contributed by atoms with Crippen molar-refractivity contribution in [2.45, 2.75) is 25.8 Å². The van der Waals surface area contributed by atoms with E-state index in [0.717, 1.165) is 18.5 Å². The van der Waals surface area contributed by atoms with Gasteiger partial charge in [-0.05, 0) is 43.0 Å². The van der Waals surface area contributed by atoms with Crippen molar-refractivity contribution >= 4 is 11.7 Å². The minimum absolute atomic E-state index is 0.231. The molecule has 4 nitrogen and oxygen atoms in total. The molecule has 1 aromatic rings. The molecule has 1 heterocycles. The molecule has 92 valence electrons. The number of nitrogens with two attached hydrogens (primary N) is 1. The van der Waals surface area contributed by atoms with Crippen molar-refractivity contribution in [2.75, 3.05) is 12.3 Å². The number of nitrogens with one attached hydrogen (secondary N) is 1. The Morgan fingerprint density at radius 2 is 2.24 bits per heavy atom. The first-order valence-corrected chi connectivity index (χ1v) is 5.90. The minimum atomic E-state index is -0.708. The fourth-order valence-electron chi connectivity index (χ4n) is 2.37. The maximum absolute atomic E-state index is 10.9. The zero-order chi connectivity index (χ0) is 12.4. The SMILES string of the molecule is Cc1ccc(N)cc1C1CCC(C(=O)O)CN1. The molecule has 4 N–H and O–H groups in total. The topological polar surface area (TPSA) is 75.4 Å². The summed E-state index contributed by atoms with van der Waals surface area (Å²) in [6.07, 6.45) is 1.57. The zero-order valence-electron chi connectivity index (χ0n) is 9.94. The summed E-state index contributed by atoms with van der Waals surface area (Å²) >= 11 is 0. The third-order valence-electron chi connectivity index (χ3n) is 3.44. The second-order valence-corrected chi connectivity index (χ2v) is 4.69. The van der Waals surface area contributed by atoms with Crippen LogP contribution in [-0.2, 0) is 4.79 Å². The van der Waals surface area contributed by atoms with Crippen LogP contribution in [0.15, 0.2) is 18.2 Å². The molecule has 1 aromatic carbocycles. The second-order valence-electron chi connectivity index (χ2n) is 4.69. The predicted molar refractivity (Wildman–Crippen MR) is 66.7 cm³/mol. The Morgan fingerprint density at radius 3 is 2.82 bits per heavy atom. The lowest BCUT2D eigenvalue weighted by atomic mass is 9.89. The van der Waals surface area contributed by atoms with E-state index in [1.54, 1.807) is 0 Å². The summed E-state index contributed by atoms with van der Waals surface area (Å²) in [7, 11) is 0. The number of aliphatic carboxylic acids is 1. The van der Waals surface area contributed by atoms with Crippen molar-refractivity contribution in [3.05, 3.63) is 29.3 Å². The predicted octanol–water partition coefficient (Wildman–Crippen LogP) is 1.70. The summed E-state index contributed by atoms with van der Waals surface area (Å²) in [5, 5.41) is 12.2. The van der Waals surface area contributed by atoms with E-state index >= 15 is 0 Å². The van der Waals surface area contributed by atoms with Crippen LogP contribution < -0.4 is 11.1 Å². The van der Waals surface area contributed by atoms with Gasteiger partial charge in [-0.2, -0.15) is 0 Å². The van der Waals surface area contributed by atoms with E-state index in [2.05, 4.69) is 12.2 Å². The summed E-state index contributed by atoms with van der Waals surface area (Å²) in [6, 6.07) is 6.11. The molecule has 0 aliphatic carbocycles. The van der Waals surface area contributed by atoms with Crippen molar-refractivity contribution in [3.8, 4) is 0 Å². The van der Waals surface area contributed by atoms with Crippen molar-refractivity contribution in [3.63, 3.8) is 0 Å². The number of hydrogen-bond acceptors (Lipinski definition) is 3. The molecule has 17 heavy (non-hydrogen) atoms. The van der Waals surface area contributed by atoms with Crippen molar-refractivity contribution < 1.29 is 9.90 Å². The third kappa shape index (κ3) is 2.58. The molecule has 0 bridgehead atoms. The lowest BCUT2D eigenvalue weighted by Crippen LogP contribution is -2.37. The Balaban J connectivity index is 2.10. The number of carboxylic acid groups (broad SMARTS) is 1. The molecule has 4 heteroatoms. The molecule has 1 aliphatic rings. The summed E-state index contributed by atoms with van der Waals surface area (Å²) in [5.41, 5.74) is 8.93. The van der Waals surface area contributed by atoms with Gasteiger partial charge in [0.2, 0.25) is 0 Å². The van der Waals surface area contributed by atoms with Crippen LogP contribution in [0, 0.1) is 12.8 Å².